The number of nitrogens with one attached hydrogen (secondary N) is 2. The number of nitrogens with zero attached hydrogens (tertiary/aromatic N) is 1. The van der Waals surface area contributed by atoms with Gasteiger partial charge < -0.3 is 15.4 Å². The predicted molar refractivity (Wildman–Crippen MR) is 137 cm³/mol. The van der Waals surface area contributed by atoms with Crippen molar-refractivity contribution in [2.45, 2.75) is 57.2 Å². The van der Waals surface area contributed by atoms with Crippen LogP contribution in [0.2, 0.25) is 0 Å². The number of carbonyl (C=O) groups excluding carboxylic acids is 2. The van der Waals surface area contributed by atoms with Crippen LogP contribution in [0.4, 0.5) is 18.9 Å². The summed E-state index contributed by atoms with van der Waals surface area (Å²) in [5.74, 6) is -4.14. The second-order valence-electron chi connectivity index (χ2n) is 11.0. The molecule has 1 spiro atoms. The highest BCUT2D eigenvalue weighted by atomic mass is 19.2. The lowest BCUT2D eigenvalue weighted by molar-refractivity contribution is -0.132. The summed E-state index contributed by atoms with van der Waals surface area (Å²) in [4.78, 5) is 31.0. The number of carbonyl (C=O) groups is 2. The molecule has 6 nitrogen and oxygen atoms in total. The zero-order valence-electron chi connectivity index (χ0n) is 21.2. The Kier molecular flexibility index (Phi) is 5.66. The van der Waals surface area contributed by atoms with E-state index in [2.05, 4.69) is 15.6 Å². The van der Waals surface area contributed by atoms with Crippen molar-refractivity contribution in [2.75, 3.05) is 18.5 Å². The van der Waals surface area contributed by atoms with Crippen LogP contribution in [0.5, 0.6) is 5.75 Å². The molecule has 0 saturated heterocycles. The highest BCUT2D eigenvalue weighted by Crippen LogP contribution is 2.61. The van der Waals surface area contributed by atoms with Gasteiger partial charge in [-0.15, -0.1) is 0 Å². The van der Waals surface area contributed by atoms with E-state index in [1.165, 1.54) is 5.57 Å². The first-order chi connectivity index (χ1) is 18.1. The van der Waals surface area contributed by atoms with Gasteiger partial charge in [0.15, 0.2) is 17.3 Å². The van der Waals surface area contributed by atoms with Crippen LogP contribution in [0, 0.1) is 17.0 Å². The number of hydrogen-bond donors (Lipinski definition) is 2. The lowest BCUT2D eigenvalue weighted by Crippen LogP contribution is -2.53. The standard InChI is InChI=1S/C29H28F3N3O3/c1-15-13-33-16(2)23(15)17-3-5-18(6-4-17)34-26(36)25(35-27(37)29(32)9-10-29)24-19-11-20(30)21(31)12-22(19)38-14-28(24)7-8-28/h3-6,11-12,24-25H,7-10,13-14H2,1-2H3,(H,34,36)(H,35,37)/t24?,25-/m0/s1. The molecule has 198 valence electrons. The summed E-state index contributed by atoms with van der Waals surface area (Å²) >= 11 is 0. The summed E-state index contributed by atoms with van der Waals surface area (Å²) in [6.07, 6.45) is 1.53. The number of benzene rings is 2. The number of aliphatic imine (C=N–C) groups is 1. The van der Waals surface area contributed by atoms with Crippen LogP contribution < -0.4 is 15.4 Å². The average Bonchev–Trinajstić information content (AvgIpc) is 3.80. The molecular weight excluding hydrogens is 495 g/mol. The zero-order chi connectivity index (χ0) is 26.8. The minimum absolute atomic E-state index is 0.0853. The third-order valence-corrected chi connectivity index (χ3v) is 8.24. The van der Waals surface area contributed by atoms with Crippen LogP contribution in [0.1, 0.15) is 56.6 Å². The van der Waals surface area contributed by atoms with Crippen LogP contribution in [0.3, 0.4) is 0 Å². The number of ether oxygens (including phenoxy) is 1. The number of anilines is 1. The van der Waals surface area contributed by atoms with Crippen LogP contribution in [0.25, 0.3) is 5.57 Å². The van der Waals surface area contributed by atoms with Crippen molar-refractivity contribution in [1.82, 2.24) is 5.32 Å². The first-order valence-electron chi connectivity index (χ1n) is 12.8. The first kappa shape index (κ1) is 24.7. The summed E-state index contributed by atoms with van der Waals surface area (Å²) in [6, 6.07) is 8.07. The van der Waals surface area contributed by atoms with Gasteiger partial charge in [-0.2, -0.15) is 0 Å². The number of fused-ring (bicyclic) bond motifs is 1. The van der Waals surface area contributed by atoms with Crippen LogP contribution in [0.15, 0.2) is 47.0 Å². The molecule has 2 aromatic rings. The number of allylic oxidation sites excluding steroid dienone is 1. The Bertz CT molecular complexity index is 1410. The maximum Gasteiger partial charge on any atom is 0.258 e. The molecule has 6 rings (SSSR count). The molecule has 0 radical (unpaired) electrons. The summed E-state index contributed by atoms with van der Waals surface area (Å²) in [5, 5.41) is 5.47. The molecule has 2 aliphatic carbocycles. The van der Waals surface area contributed by atoms with Crippen LogP contribution >= 0.6 is 0 Å². The molecule has 0 aromatic heterocycles. The smallest absolute Gasteiger partial charge is 0.258 e. The maximum atomic E-state index is 14.7. The van der Waals surface area contributed by atoms with Crippen molar-refractivity contribution in [3.8, 4) is 5.75 Å². The molecular formula is C29H28F3N3O3. The maximum absolute atomic E-state index is 14.7. The van der Waals surface area contributed by atoms with E-state index in [1.807, 2.05) is 26.0 Å². The molecule has 2 fully saturated rings. The molecule has 38 heavy (non-hydrogen) atoms. The van der Waals surface area contributed by atoms with Gasteiger partial charge in [0, 0.05) is 39.9 Å². The van der Waals surface area contributed by atoms with E-state index < -0.39 is 46.5 Å². The normalized spacial score (nSPS) is 22.8. The van der Waals surface area contributed by atoms with Crippen molar-refractivity contribution < 1.29 is 27.5 Å². The molecule has 2 amide bonds. The molecule has 0 bridgehead atoms. The minimum Gasteiger partial charge on any atom is -0.493 e. The summed E-state index contributed by atoms with van der Waals surface area (Å²) in [7, 11) is 0. The number of amides is 2. The second kappa shape index (κ2) is 8.71. The average molecular weight is 524 g/mol. The fourth-order valence-electron chi connectivity index (χ4n) is 5.71. The van der Waals surface area contributed by atoms with Gasteiger partial charge in [0.2, 0.25) is 5.91 Å². The van der Waals surface area contributed by atoms with Crippen molar-refractivity contribution in [1.29, 1.82) is 0 Å². The topological polar surface area (TPSA) is 79.8 Å². The van der Waals surface area contributed by atoms with E-state index in [4.69, 9.17) is 4.74 Å². The van der Waals surface area contributed by atoms with E-state index in [-0.39, 0.29) is 25.2 Å². The van der Waals surface area contributed by atoms with Crippen molar-refractivity contribution >= 4 is 28.8 Å². The van der Waals surface area contributed by atoms with Gasteiger partial charge >= 0.3 is 0 Å². The fraction of sp³-hybridized carbons (Fsp3) is 0.414. The van der Waals surface area contributed by atoms with Crippen LogP contribution in [-0.4, -0.2) is 42.4 Å². The Balaban J connectivity index is 1.32. The largest absolute Gasteiger partial charge is 0.493 e. The molecule has 2 heterocycles. The summed E-state index contributed by atoms with van der Waals surface area (Å²) in [6.45, 7) is 4.85. The van der Waals surface area contributed by atoms with Gasteiger partial charge in [-0.3, -0.25) is 14.6 Å². The van der Waals surface area contributed by atoms with Gasteiger partial charge in [0.05, 0.1) is 13.2 Å². The number of hydrogen-bond acceptors (Lipinski definition) is 4. The first-order valence-corrected chi connectivity index (χ1v) is 12.8. The van der Waals surface area contributed by atoms with E-state index in [0.717, 1.165) is 29.0 Å². The Morgan fingerprint density at radius 1 is 1.05 bits per heavy atom. The molecule has 2 saturated carbocycles. The van der Waals surface area contributed by atoms with Gasteiger partial charge in [0.1, 0.15) is 11.8 Å². The second-order valence-corrected chi connectivity index (χ2v) is 11.0. The predicted octanol–water partition coefficient (Wildman–Crippen LogP) is 5.09. The molecule has 9 heteroatoms. The monoisotopic (exact) mass is 523 g/mol. The van der Waals surface area contributed by atoms with E-state index in [9.17, 15) is 22.8 Å². The number of rotatable bonds is 6. The SMILES string of the molecule is CC1=NCC(C)=C1c1ccc(NC(=O)[C@@H](NC(=O)C2(F)CC2)C2c3cc(F)c(F)cc3OCC23CC3)cc1. The van der Waals surface area contributed by atoms with Crippen molar-refractivity contribution in [3.05, 3.63) is 64.7 Å². The Morgan fingerprint density at radius 2 is 1.74 bits per heavy atom. The Morgan fingerprint density at radius 3 is 2.34 bits per heavy atom. The highest BCUT2D eigenvalue weighted by Gasteiger charge is 2.59. The minimum atomic E-state index is -2.01. The third kappa shape index (κ3) is 4.18. The molecule has 2 atom stereocenters. The Hall–Kier alpha value is -3.62. The number of halogens is 3. The highest BCUT2D eigenvalue weighted by molar-refractivity contribution is 6.25. The Labute approximate surface area is 218 Å². The fourth-order valence-corrected chi connectivity index (χ4v) is 5.71. The molecule has 1 unspecified atom stereocenters. The number of alkyl halides is 1. The molecule has 2 aromatic carbocycles. The third-order valence-electron chi connectivity index (χ3n) is 8.24. The summed E-state index contributed by atoms with van der Waals surface area (Å²) in [5.41, 5.74) is 2.42. The van der Waals surface area contributed by atoms with Crippen molar-refractivity contribution in [3.63, 3.8) is 0 Å². The van der Waals surface area contributed by atoms with E-state index in [0.29, 0.717) is 30.6 Å². The van der Waals surface area contributed by atoms with Gasteiger partial charge in [-0.05, 0) is 68.9 Å². The molecule has 2 N–H and O–H groups in total. The van der Waals surface area contributed by atoms with Crippen molar-refractivity contribution in [2.24, 2.45) is 10.4 Å². The van der Waals surface area contributed by atoms with E-state index >= 15 is 0 Å². The van der Waals surface area contributed by atoms with E-state index in [1.54, 1.807) is 12.1 Å². The molecule has 2 aliphatic heterocycles. The summed E-state index contributed by atoms with van der Waals surface area (Å²) < 4.78 is 48.8. The molecule has 4 aliphatic rings. The lowest BCUT2D eigenvalue weighted by Gasteiger charge is -2.38. The quantitative estimate of drug-likeness (QED) is 0.553. The lowest BCUT2D eigenvalue weighted by atomic mass is 9.75. The van der Waals surface area contributed by atoms with Gasteiger partial charge in [-0.1, -0.05) is 12.1 Å². The van der Waals surface area contributed by atoms with Gasteiger partial charge in [-0.25, -0.2) is 13.2 Å². The zero-order valence-corrected chi connectivity index (χ0v) is 21.2. The van der Waals surface area contributed by atoms with Gasteiger partial charge in [0.25, 0.3) is 5.91 Å². The van der Waals surface area contributed by atoms with Crippen LogP contribution in [-0.2, 0) is 9.59 Å².